The first-order valence-electron chi connectivity index (χ1n) is 12.2. The third kappa shape index (κ3) is 7.65. The Bertz CT molecular complexity index is 856. The lowest BCUT2D eigenvalue weighted by Gasteiger charge is -2.34. The largest absolute Gasteiger partial charge is 0.416 e. The maximum absolute atomic E-state index is 12.9. The summed E-state index contributed by atoms with van der Waals surface area (Å²) < 4.78 is 71.3. The third-order valence-electron chi connectivity index (χ3n) is 6.99. The predicted octanol–water partition coefficient (Wildman–Crippen LogP) is 4.28. The molecule has 0 amide bonds. The lowest BCUT2D eigenvalue weighted by molar-refractivity contribution is -0.137. The Morgan fingerprint density at radius 2 is 1.68 bits per heavy atom. The molecule has 1 atom stereocenters. The third-order valence-corrected chi connectivity index (χ3v) is 8.91. The maximum Gasteiger partial charge on any atom is 0.416 e. The maximum atomic E-state index is 12.9. The number of unbranched alkanes of at least 4 members (excludes halogenated alkanes) is 3. The summed E-state index contributed by atoms with van der Waals surface area (Å²) in [6.07, 6.45) is 3.64. The molecule has 1 saturated heterocycles. The highest BCUT2D eigenvalue weighted by molar-refractivity contribution is 7.89. The summed E-state index contributed by atoms with van der Waals surface area (Å²) in [6.45, 7) is 3.54. The van der Waals surface area contributed by atoms with Crippen LogP contribution in [-0.2, 0) is 20.9 Å². The molecule has 2 aliphatic rings. The van der Waals surface area contributed by atoms with Crippen molar-refractivity contribution in [2.45, 2.75) is 87.1 Å². The zero-order valence-corrected chi connectivity index (χ0v) is 20.7. The first-order chi connectivity index (χ1) is 16.1. The smallest absolute Gasteiger partial charge is 0.392 e. The molecule has 0 spiro atoms. The van der Waals surface area contributed by atoms with Crippen molar-refractivity contribution in [2.75, 3.05) is 33.3 Å². The highest BCUT2D eigenvalue weighted by Gasteiger charge is 2.34. The predicted molar refractivity (Wildman–Crippen MR) is 124 cm³/mol. The zero-order chi connectivity index (χ0) is 24.8. The lowest BCUT2D eigenvalue weighted by Crippen LogP contribution is -2.40. The quantitative estimate of drug-likeness (QED) is 0.454. The van der Waals surface area contributed by atoms with Gasteiger partial charge in [-0.2, -0.15) is 17.5 Å². The van der Waals surface area contributed by atoms with E-state index < -0.39 is 21.8 Å². The van der Waals surface area contributed by atoms with Crippen LogP contribution in [0, 0.1) is 0 Å². The summed E-state index contributed by atoms with van der Waals surface area (Å²) in [7, 11) is -2.35. The average Bonchev–Trinajstić information content (AvgIpc) is 3.22. The average molecular weight is 507 g/mol. The number of ether oxygens (including phenoxy) is 1. The van der Waals surface area contributed by atoms with Crippen molar-refractivity contribution in [1.82, 2.24) is 9.21 Å². The zero-order valence-electron chi connectivity index (χ0n) is 19.8. The van der Waals surface area contributed by atoms with Gasteiger partial charge in [0.25, 0.3) is 0 Å². The SMILES string of the molecule is CN([C@H]1CC[C@H](OCCCCCCN2CCC(O)C2)CC1)S(=O)(=O)c1ccc(C(F)(F)F)cc1. The van der Waals surface area contributed by atoms with E-state index in [4.69, 9.17) is 4.74 Å². The van der Waals surface area contributed by atoms with Gasteiger partial charge in [-0.3, -0.25) is 0 Å². The van der Waals surface area contributed by atoms with Gasteiger partial charge in [-0.25, -0.2) is 8.42 Å². The molecule has 1 N–H and O–H groups in total. The summed E-state index contributed by atoms with van der Waals surface area (Å²) in [5.74, 6) is 0. The minimum Gasteiger partial charge on any atom is -0.392 e. The molecule has 0 radical (unpaired) electrons. The molecule has 0 bridgehead atoms. The van der Waals surface area contributed by atoms with E-state index in [2.05, 4.69) is 4.90 Å². The van der Waals surface area contributed by atoms with Crippen molar-refractivity contribution in [2.24, 2.45) is 0 Å². The second-order valence-corrected chi connectivity index (χ2v) is 11.5. The Balaban J connectivity index is 1.33. The van der Waals surface area contributed by atoms with Crippen molar-refractivity contribution < 1.29 is 31.4 Å². The molecule has 194 valence electrons. The molecule has 1 aromatic carbocycles. The fourth-order valence-corrected chi connectivity index (χ4v) is 6.23. The Hall–Kier alpha value is -1.20. The standard InChI is InChI=1S/C24H37F3N2O4S/c1-28(34(31,32)23-12-6-19(7-13-23)24(25,26)27)20-8-10-22(11-9-20)33-17-5-3-2-4-15-29-16-14-21(30)18-29/h6-7,12-13,20-22,30H,2-5,8-11,14-18H2,1H3/t20-,21?,22-. The Morgan fingerprint density at radius 3 is 2.26 bits per heavy atom. The number of aliphatic hydroxyl groups excluding tert-OH is 1. The molecular weight excluding hydrogens is 469 g/mol. The van der Waals surface area contributed by atoms with Gasteiger partial charge in [0.2, 0.25) is 10.0 Å². The Labute approximate surface area is 201 Å². The van der Waals surface area contributed by atoms with Crippen LogP contribution in [0.5, 0.6) is 0 Å². The molecule has 0 aromatic heterocycles. The van der Waals surface area contributed by atoms with E-state index in [1.165, 1.54) is 11.4 Å². The van der Waals surface area contributed by atoms with Crippen LogP contribution in [0.4, 0.5) is 13.2 Å². The van der Waals surface area contributed by atoms with Crippen LogP contribution in [-0.4, -0.2) is 74.3 Å². The number of hydrogen-bond acceptors (Lipinski definition) is 5. The van der Waals surface area contributed by atoms with Crippen LogP contribution in [0.1, 0.15) is 63.4 Å². The van der Waals surface area contributed by atoms with Gasteiger partial charge >= 0.3 is 6.18 Å². The first-order valence-corrected chi connectivity index (χ1v) is 13.7. The number of β-amino-alcohol motifs (C(OH)–C–C–N with tert-alkyl or cyclic N) is 1. The van der Waals surface area contributed by atoms with Crippen LogP contribution in [0.15, 0.2) is 29.2 Å². The molecule has 3 rings (SSSR count). The van der Waals surface area contributed by atoms with E-state index in [9.17, 15) is 26.7 Å². The van der Waals surface area contributed by atoms with Gasteiger partial charge in [0.15, 0.2) is 0 Å². The van der Waals surface area contributed by atoms with E-state index in [-0.39, 0.29) is 23.1 Å². The number of benzene rings is 1. The minimum atomic E-state index is -4.50. The molecule has 1 saturated carbocycles. The summed E-state index contributed by atoms with van der Waals surface area (Å²) in [6, 6.07) is 3.48. The monoisotopic (exact) mass is 506 g/mol. The molecule has 1 unspecified atom stereocenters. The van der Waals surface area contributed by atoms with Crippen molar-refractivity contribution in [3.05, 3.63) is 29.8 Å². The van der Waals surface area contributed by atoms with E-state index in [1.54, 1.807) is 0 Å². The van der Waals surface area contributed by atoms with Crippen LogP contribution < -0.4 is 0 Å². The Kier molecular flexibility index (Phi) is 9.80. The van der Waals surface area contributed by atoms with Crippen LogP contribution in [0.2, 0.25) is 0 Å². The fraction of sp³-hybridized carbons (Fsp3) is 0.750. The van der Waals surface area contributed by atoms with Crippen LogP contribution in [0.25, 0.3) is 0 Å². The molecular formula is C24H37F3N2O4S. The van der Waals surface area contributed by atoms with Gasteiger partial charge in [0.05, 0.1) is 22.7 Å². The summed E-state index contributed by atoms with van der Waals surface area (Å²) in [5, 5.41) is 9.54. The van der Waals surface area contributed by atoms with E-state index >= 15 is 0 Å². The van der Waals surface area contributed by atoms with E-state index in [0.717, 1.165) is 88.8 Å². The van der Waals surface area contributed by atoms with Crippen molar-refractivity contribution >= 4 is 10.0 Å². The highest BCUT2D eigenvalue weighted by Crippen LogP contribution is 2.32. The van der Waals surface area contributed by atoms with Gasteiger partial charge in [0.1, 0.15) is 0 Å². The number of likely N-dealkylation sites (tertiary alicyclic amines) is 1. The number of hydrogen-bond donors (Lipinski definition) is 1. The molecule has 34 heavy (non-hydrogen) atoms. The number of alkyl halides is 3. The summed E-state index contributed by atoms with van der Waals surface area (Å²) in [5.41, 5.74) is -0.863. The normalized spacial score (nSPS) is 24.7. The van der Waals surface area contributed by atoms with E-state index in [0.29, 0.717) is 19.4 Å². The molecule has 2 fully saturated rings. The van der Waals surface area contributed by atoms with Crippen molar-refractivity contribution in [1.29, 1.82) is 0 Å². The number of aliphatic hydroxyl groups is 1. The van der Waals surface area contributed by atoms with Crippen LogP contribution in [0.3, 0.4) is 0 Å². The van der Waals surface area contributed by atoms with Crippen molar-refractivity contribution in [3.63, 3.8) is 0 Å². The lowest BCUT2D eigenvalue weighted by atomic mass is 9.93. The highest BCUT2D eigenvalue weighted by atomic mass is 32.2. The number of rotatable bonds is 11. The number of nitrogens with zero attached hydrogens (tertiary/aromatic N) is 2. The van der Waals surface area contributed by atoms with Gasteiger partial charge in [-0.15, -0.1) is 0 Å². The number of sulfonamides is 1. The topological polar surface area (TPSA) is 70.1 Å². The molecule has 6 nitrogen and oxygen atoms in total. The van der Waals surface area contributed by atoms with Gasteiger partial charge in [-0.05, 0) is 75.8 Å². The molecule has 1 aromatic rings. The Morgan fingerprint density at radius 1 is 1.03 bits per heavy atom. The second-order valence-electron chi connectivity index (χ2n) is 9.50. The summed E-state index contributed by atoms with van der Waals surface area (Å²) in [4.78, 5) is 2.19. The molecule has 1 aliphatic carbocycles. The van der Waals surface area contributed by atoms with Gasteiger partial charge in [0, 0.05) is 32.8 Å². The number of halogens is 3. The summed E-state index contributed by atoms with van der Waals surface area (Å²) >= 11 is 0. The van der Waals surface area contributed by atoms with Gasteiger partial charge < -0.3 is 14.7 Å². The fourth-order valence-electron chi connectivity index (χ4n) is 4.81. The van der Waals surface area contributed by atoms with E-state index in [1.807, 2.05) is 0 Å². The second kappa shape index (κ2) is 12.2. The van der Waals surface area contributed by atoms with Crippen molar-refractivity contribution in [3.8, 4) is 0 Å². The molecule has 10 heteroatoms. The van der Waals surface area contributed by atoms with Gasteiger partial charge in [-0.1, -0.05) is 12.8 Å². The first kappa shape index (κ1) is 27.4. The minimum absolute atomic E-state index is 0.123. The molecule has 1 heterocycles. The molecule has 1 aliphatic heterocycles. The van der Waals surface area contributed by atoms with Crippen LogP contribution >= 0.6 is 0 Å².